The lowest BCUT2D eigenvalue weighted by Crippen LogP contribution is -2.28. The van der Waals surface area contributed by atoms with E-state index in [9.17, 15) is 0 Å². The zero-order chi connectivity index (χ0) is 12.3. The molecule has 0 aromatic carbocycles. The van der Waals surface area contributed by atoms with E-state index in [1.165, 1.54) is 12.8 Å². The Kier molecular flexibility index (Phi) is 3.62. The molecular formula is C13H21N3O. The maximum absolute atomic E-state index is 5.72. The van der Waals surface area contributed by atoms with Crippen LogP contribution in [0.25, 0.3) is 0 Å². The van der Waals surface area contributed by atoms with Crippen LogP contribution in [0.1, 0.15) is 44.1 Å². The number of hydrogen-bond donors (Lipinski definition) is 1. The summed E-state index contributed by atoms with van der Waals surface area (Å²) in [5, 5.41) is 3.25. The van der Waals surface area contributed by atoms with Gasteiger partial charge in [0.25, 0.3) is 0 Å². The number of aryl methyl sites for hydroxylation is 1. The maximum Gasteiger partial charge on any atom is 0.162 e. The number of hydrogen-bond acceptors (Lipinski definition) is 4. The van der Waals surface area contributed by atoms with Crippen LogP contribution >= 0.6 is 0 Å². The number of anilines is 1. The summed E-state index contributed by atoms with van der Waals surface area (Å²) in [5.41, 5.74) is 0.741. The van der Waals surface area contributed by atoms with Gasteiger partial charge >= 0.3 is 0 Å². The Hall–Kier alpha value is -1.16. The number of rotatable bonds is 4. The second-order valence-corrected chi connectivity index (χ2v) is 4.65. The Morgan fingerprint density at radius 2 is 2.06 bits per heavy atom. The van der Waals surface area contributed by atoms with Gasteiger partial charge < -0.3 is 10.1 Å². The van der Waals surface area contributed by atoms with E-state index >= 15 is 0 Å². The molecule has 0 saturated heterocycles. The summed E-state index contributed by atoms with van der Waals surface area (Å²) < 4.78 is 5.72. The first-order valence-corrected chi connectivity index (χ1v) is 6.35. The standard InChI is InChI=1S/C13H21N3O/c1-4-14-11-9-10(2)15-12(16-11)13(17-3)7-5-6-8-13/h9H,4-8H2,1-3H3,(H,14,15,16). The monoisotopic (exact) mass is 235 g/mol. The number of aromatic nitrogens is 2. The summed E-state index contributed by atoms with van der Waals surface area (Å²) in [6.45, 7) is 4.94. The van der Waals surface area contributed by atoms with Crippen molar-refractivity contribution >= 4 is 5.82 Å². The Morgan fingerprint density at radius 1 is 1.35 bits per heavy atom. The van der Waals surface area contributed by atoms with Crippen molar-refractivity contribution in [2.24, 2.45) is 0 Å². The van der Waals surface area contributed by atoms with Gasteiger partial charge in [-0.15, -0.1) is 0 Å². The summed E-state index contributed by atoms with van der Waals surface area (Å²) in [5.74, 6) is 1.74. The Balaban J connectivity index is 2.36. The van der Waals surface area contributed by atoms with Crippen molar-refractivity contribution in [1.29, 1.82) is 0 Å². The molecule has 1 aliphatic rings. The van der Waals surface area contributed by atoms with Gasteiger partial charge in [-0.2, -0.15) is 0 Å². The van der Waals surface area contributed by atoms with Gasteiger partial charge in [0.15, 0.2) is 5.82 Å². The lowest BCUT2D eigenvalue weighted by molar-refractivity contribution is -0.0163. The third kappa shape index (κ3) is 2.41. The summed E-state index contributed by atoms with van der Waals surface area (Å²) in [7, 11) is 1.77. The fraction of sp³-hybridized carbons (Fsp3) is 0.692. The second-order valence-electron chi connectivity index (χ2n) is 4.65. The van der Waals surface area contributed by atoms with E-state index in [1.54, 1.807) is 7.11 Å². The predicted octanol–water partition coefficient (Wildman–Crippen LogP) is 2.63. The molecule has 0 radical (unpaired) electrons. The fourth-order valence-corrected chi connectivity index (χ4v) is 2.51. The normalized spacial score (nSPS) is 18.3. The van der Waals surface area contributed by atoms with Crippen LogP contribution in [0.4, 0.5) is 5.82 Å². The minimum Gasteiger partial charge on any atom is -0.370 e. The van der Waals surface area contributed by atoms with Crippen LogP contribution < -0.4 is 5.32 Å². The quantitative estimate of drug-likeness (QED) is 0.871. The van der Waals surface area contributed by atoms with Crippen molar-refractivity contribution in [3.05, 3.63) is 17.6 Å². The molecule has 0 unspecified atom stereocenters. The number of ether oxygens (including phenoxy) is 1. The number of nitrogens with one attached hydrogen (secondary N) is 1. The molecule has 0 spiro atoms. The molecule has 17 heavy (non-hydrogen) atoms. The van der Waals surface area contributed by atoms with Gasteiger partial charge in [-0.05, 0) is 39.5 Å². The van der Waals surface area contributed by atoms with Gasteiger partial charge in [0.1, 0.15) is 11.4 Å². The van der Waals surface area contributed by atoms with Crippen molar-refractivity contribution in [2.75, 3.05) is 19.0 Å². The average molecular weight is 235 g/mol. The maximum atomic E-state index is 5.72. The fourth-order valence-electron chi connectivity index (χ4n) is 2.51. The molecule has 2 rings (SSSR count). The topological polar surface area (TPSA) is 47.0 Å². The highest BCUT2D eigenvalue weighted by molar-refractivity contribution is 5.36. The van der Waals surface area contributed by atoms with Gasteiger partial charge in [-0.3, -0.25) is 0 Å². The zero-order valence-electron chi connectivity index (χ0n) is 10.9. The highest BCUT2D eigenvalue weighted by Crippen LogP contribution is 2.40. The van der Waals surface area contributed by atoms with E-state index in [2.05, 4.69) is 22.2 Å². The van der Waals surface area contributed by atoms with Crippen LogP contribution in [0, 0.1) is 6.92 Å². The van der Waals surface area contributed by atoms with Crippen LogP contribution in [0.5, 0.6) is 0 Å². The lowest BCUT2D eigenvalue weighted by atomic mass is 10.0. The number of methoxy groups -OCH3 is 1. The van der Waals surface area contributed by atoms with Crippen LogP contribution in [0.3, 0.4) is 0 Å². The van der Waals surface area contributed by atoms with E-state index in [-0.39, 0.29) is 5.60 Å². The van der Waals surface area contributed by atoms with Crippen molar-refractivity contribution in [2.45, 2.75) is 45.1 Å². The van der Waals surface area contributed by atoms with E-state index < -0.39 is 0 Å². The SMILES string of the molecule is CCNc1cc(C)nc(C2(OC)CCCC2)n1. The molecule has 1 heterocycles. The molecule has 1 aromatic heterocycles. The molecule has 0 amide bonds. The molecule has 1 saturated carbocycles. The van der Waals surface area contributed by atoms with E-state index in [0.717, 1.165) is 36.7 Å². The molecule has 0 bridgehead atoms. The van der Waals surface area contributed by atoms with E-state index in [0.29, 0.717) is 0 Å². The molecule has 0 atom stereocenters. The first-order chi connectivity index (χ1) is 8.20. The van der Waals surface area contributed by atoms with Gasteiger partial charge in [0.05, 0.1) is 0 Å². The van der Waals surface area contributed by atoms with Crippen LogP contribution in [-0.2, 0) is 10.3 Å². The van der Waals surface area contributed by atoms with Gasteiger partial charge in [0, 0.05) is 25.4 Å². The third-order valence-electron chi connectivity index (χ3n) is 3.42. The summed E-state index contributed by atoms with van der Waals surface area (Å²) in [6, 6.07) is 1.98. The molecule has 1 aliphatic carbocycles. The molecule has 1 fully saturated rings. The third-order valence-corrected chi connectivity index (χ3v) is 3.42. The smallest absolute Gasteiger partial charge is 0.162 e. The van der Waals surface area contributed by atoms with Crippen molar-refractivity contribution in [3.8, 4) is 0 Å². The van der Waals surface area contributed by atoms with Crippen LogP contribution in [0.2, 0.25) is 0 Å². The minimum absolute atomic E-state index is 0.254. The molecular weight excluding hydrogens is 214 g/mol. The molecule has 94 valence electrons. The van der Waals surface area contributed by atoms with E-state index in [4.69, 9.17) is 4.74 Å². The first-order valence-electron chi connectivity index (χ1n) is 6.35. The highest BCUT2D eigenvalue weighted by atomic mass is 16.5. The Bertz CT molecular complexity index is 386. The first kappa shape index (κ1) is 12.3. The molecule has 1 aromatic rings. The van der Waals surface area contributed by atoms with Crippen LogP contribution in [-0.4, -0.2) is 23.6 Å². The predicted molar refractivity (Wildman–Crippen MR) is 68.1 cm³/mol. The van der Waals surface area contributed by atoms with Gasteiger partial charge in [-0.1, -0.05) is 0 Å². The van der Waals surface area contributed by atoms with Crippen molar-refractivity contribution in [3.63, 3.8) is 0 Å². The Labute approximate surface area is 103 Å². The summed E-state index contributed by atoms with van der Waals surface area (Å²) in [4.78, 5) is 9.17. The molecule has 4 nitrogen and oxygen atoms in total. The van der Waals surface area contributed by atoms with E-state index in [1.807, 2.05) is 13.0 Å². The van der Waals surface area contributed by atoms with Crippen molar-refractivity contribution < 1.29 is 4.74 Å². The van der Waals surface area contributed by atoms with Crippen molar-refractivity contribution in [1.82, 2.24) is 9.97 Å². The average Bonchev–Trinajstić information content (AvgIpc) is 2.78. The Morgan fingerprint density at radius 3 is 2.65 bits per heavy atom. The van der Waals surface area contributed by atoms with Gasteiger partial charge in [-0.25, -0.2) is 9.97 Å². The second kappa shape index (κ2) is 5.00. The molecule has 0 aliphatic heterocycles. The van der Waals surface area contributed by atoms with Crippen LogP contribution in [0.15, 0.2) is 6.07 Å². The summed E-state index contributed by atoms with van der Waals surface area (Å²) in [6.07, 6.45) is 4.44. The largest absolute Gasteiger partial charge is 0.370 e. The minimum atomic E-state index is -0.254. The zero-order valence-corrected chi connectivity index (χ0v) is 10.9. The summed E-state index contributed by atoms with van der Waals surface area (Å²) >= 11 is 0. The number of nitrogens with zero attached hydrogens (tertiary/aromatic N) is 2. The lowest BCUT2D eigenvalue weighted by Gasteiger charge is -2.26. The van der Waals surface area contributed by atoms with Gasteiger partial charge in [0.2, 0.25) is 0 Å². The molecule has 1 N–H and O–H groups in total. The highest BCUT2D eigenvalue weighted by Gasteiger charge is 2.38. The molecule has 4 heteroatoms.